The number of rotatable bonds is 12. The molecule has 0 amide bonds. The zero-order chi connectivity index (χ0) is 17.6. The van der Waals surface area contributed by atoms with E-state index < -0.39 is 11.9 Å². The fourth-order valence-corrected chi connectivity index (χ4v) is 2.68. The molecule has 0 aliphatic carbocycles. The van der Waals surface area contributed by atoms with E-state index in [1.54, 1.807) is 12.1 Å². The molecule has 0 bridgehead atoms. The summed E-state index contributed by atoms with van der Waals surface area (Å²) in [5.41, 5.74) is 0.365. The Morgan fingerprint density at radius 1 is 0.833 bits per heavy atom. The second-order valence-electron chi connectivity index (χ2n) is 4.60. The van der Waals surface area contributed by atoms with Gasteiger partial charge < -0.3 is 19.7 Å². The molecule has 6 nitrogen and oxygen atoms in total. The summed E-state index contributed by atoms with van der Waals surface area (Å²) in [5.74, 6) is 0.345. The Kier molecular flexibility index (Phi) is 11.4. The lowest BCUT2D eigenvalue weighted by Crippen LogP contribution is -2.15. The van der Waals surface area contributed by atoms with Crippen molar-refractivity contribution >= 4 is 35.5 Å². The van der Waals surface area contributed by atoms with Gasteiger partial charge in [0.15, 0.2) is 0 Å². The Bertz CT molecular complexity index is 464. The summed E-state index contributed by atoms with van der Waals surface area (Å²) in [6.45, 7) is 0.460. The van der Waals surface area contributed by atoms with Crippen LogP contribution in [0, 0.1) is 0 Å². The van der Waals surface area contributed by atoms with Gasteiger partial charge >= 0.3 is 11.9 Å². The molecule has 0 aliphatic heterocycles. The summed E-state index contributed by atoms with van der Waals surface area (Å²) in [4.78, 5) is 24.2. The van der Waals surface area contributed by atoms with Crippen molar-refractivity contribution < 1.29 is 29.3 Å². The minimum atomic E-state index is -0.563. The maximum Gasteiger partial charge on any atom is 0.339 e. The summed E-state index contributed by atoms with van der Waals surface area (Å²) < 4.78 is 10.3. The largest absolute Gasteiger partial charge is 0.462 e. The van der Waals surface area contributed by atoms with E-state index in [0.717, 1.165) is 0 Å². The van der Waals surface area contributed by atoms with Gasteiger partial charge in [0, 0.05) is 0 Å². The zero-order valence-electron chi connectivity index (χ0n) is 13.3. The van der Waals surface area contributed by atoms with Gasteiger partial charge in [0.05, 0.1) is 36.2 Å². The summed E-state index contributed by atoms with van der Waals surface area (Å²) in [6, 6.07) is 6.38. The van der Waals surface area contributed by atoms with Crippen molar-refractivity contribution in [2.75, 3.05) is 36.6 Å². The van der Waals surface area contributed by atoms with Crippen molar-refractivity contribution in [2.24, 2.45) is 0 Å². The van der Waals surface area contributed by atoms with Gasteiger partial charge in [-0.2, -0.15) is 0 Å². The number of esters is 2. The molecule has 0 fully saturated rings. The molecule has 8 heteroatoms. The predicted octanol–water partition coefficient (Wildman–Crippen LogP) is 2.15. The monoisotopic (exact) mass is 374 g/mol. The third kappa shape index (κ3) is 8.05. The first kappa shape index (κ1) is 20.8. The van der Waals surface area contributed by atoms with Crippen LogP contribution >= 0.6 is 23.5 Å². The van der Waals surface area contributed by atoms with E-state index in [-0.39, 0.29) is 36.2 Å². The molecule has 0 spiro atoms. The average molecular weight is 374 g/mol. The topological polar surface area (TPSA) is 93.1 Å². The molecule has 0 aromatic heterocycles. The molecule has 1 rings (SSSR count). The molecule has 0 saturated heterocycles. The highest BCUT2D eigenvalue weighted by atomic mass is 32.2. The van der Waals surface area contributed by atoms with Gasteiger partial charge in [-0.3, -0.25) is 0 Å². The van der Waals surface area contributed by atoms with Crippen LogP contribution in [0.2, 0.25) is 0 Å². The number of thioether (sulfide) groups is 2. The number of benzene rings is 1. The van der Waals surface area contributed by atoms with E-state index >= 15 is 0 Å². The normalized spacial score (nSPS) is 10.4. The first-order valence-corrected chi connectivity index (χ1v) is 9.82. The summed E-state index contributed by atoms with van der Waals surface area (Å²) in [7, 11) is 0. The molecule has 2 N–H and O–H groups in total. The molecule has 0 aliphatic rings. The van der Waals surface area contributed by atoms with Crippen LogP contribution in [0.25, 0.3) is 0 Å². The van der Waals surface area contributed by atoms with E-state index in [4.69, 9.17) is 19.7 Å². The lowest BCUT2D eigenvalue weighted by Gasteiger charge is -2.09. The van der Waals surface area contributed by atoms with Crippen molar-refractivity contribution in [3.05, 3.63) is 35.4 Å². The number of hydrogen-bond acceptors (Lipinski definition) is 8. The molecule has 24 heavy (non-hydrogen) atoms. The molecule has 1 aromatic carbocycles. The van der Waals surface area contributed by atoms with Gasteiger partial charge in [-0.05, 0) is 36.5 Å². The van der Waals surface area contributed by atoms with Gasteiger partial charge in [-0.15, -0.1) is 23.5 Å². The highest BCUT2D eigenvalue weighted by Gasteiger charge is 2.18. The van der Waals surface area contributed by atoms with Crippen LogP contribution < -0.4 is 0 Å². The maximum atomic E-state index is 12.1. The van der Waals surface area contributed by atoms with Crippen molar-refractivity contribution in [1.29, 1.82) is 0 Å². The van der Waals surface area contributed by atoms with Crippen LogP contribution in [-0.2, 0) is 9.47 Å². The number of ether oxygens (including phenoxy) is 2. The number of carbonyl (C=O) groups is 2. The van der Waals surface area contributed by atoms with E-state index in [9.17, 15) is 9.59 Å². The van der Waals surface area contributed by atoms with Gasteiger partial charge in [0.1, 0.15) is 0 Å². The van der Waals surface area contributed by atoms with Crippen LogP contribution in [0.5, 0.6) is 0 Å². The van der Waals surface area contributed by atoms with Gasteiger partial charge in [-0.1, -0.05) is 12.1 Å². The molecule has 0 heterocycles. The van der Waals surface area contributed by atoms with E-state index in [1.165, 1.54) is 35.7 Å². The highest BCUT2D eigenvalue weighted by molar-refractivity contribution is 7.99. The summed E-state index contributed by atoms with van der Waals surface area (Å²) in [6.07, 6.45) is 1.26. The van der Waals surface area contributed by atoms with E-state index in [1.807, 2.05) is 0 Å². The van der Waals surface area contributed by atoms with Crippen LogP contribution in [0.1, 0.15) is 33.6 Å². The van der Waals surface area contributed by atoms with Crippen LogP contribution in [0.15, 0.2) is 24.3 Å². The minimum absolute atomic E-state index is 0.0411. The standard InChI is InChI=1S/C16H22O6S2/c17-11-23-9-3-7-21-15(19)13-5-1-2-6-14(13)16(20)22-8-4-10-24-12-18/h1-2,5-6,17-18H,3-4,7-12H2. The van der Waals surface area contributed by atoms with Crippen molar-refractivity contribution in [2.45, 2.75) is 12.8 Å². The lowest BCUT2D eigenvalue weighted by atomic mass is 10.1. The average Bonchev–Trinajstić information content (AvgIpc) is 2.61. The molecular weight excluding hydrogens is 352 g/mol. The summed E-state index contributed by atoms with van der Waals surface area (Å²) in [5, 5.41) is 17.3. The Hall–Kier alpha value is -1.22. The minimum Gasteiger partial charge on any atom is -0.462 e. The molecular formula is C16H22O6S2. The van der Waals surface area contributed by atoms with Crippen LogP contribution in [0.4, 0.5) is 0 Å². The molecule has 0 saturated carbocycles. The lowest BCUT2D eigenvalue weighted by molar-refractivity contribution is 0.0459. The fourth-order valence-electron chi connectivity index (χ4n) is 1.78. The number of hydrogen-bond donors (Lipinski definition) is 2. The summed E-state index contributed by atoms with van der Waals surface area (Å²) >= 11 is 2.70. The Morgan fingerprint density at radius 3 is 1.62 bits per heavy atom. The number of carbonyl (C=O) groups excluding carboxylic acids is 2. The predicted molar refractivity (Wildman–Crippen MR) is 95.3 cm³/mol. The second kappa shape index (κ2) is 13.1. The SMILES string of the molecule is O=C(OCCCSCO)c1ccccc1C(=O)OCCCSCO. The van der Waals surface area contributed by atoms with Gasteiger partial charge in [0.25, 0.3) is 0 Å². The fraction of sp³-hybridized carbons (Fsp3) is 0.500. The maximum absolute atomic E-state index is 12.1. The molecule has 1 aromatic rings. The Balaban J connectivity index is 2.50. The number of aliphatic hydroxyl groups is 2. The van der Waals surface area contributed by atoms with Crippen LogP contribution in [-0.4, -0.2) is 58.7 Å². The highest BCUT2D eigenvalue weighted by Crippen LogP contribution is 2.13. The zero-order valence-corrected chi connectivity index (χ0v) is 14.9. The first-order chi connectivity index (χ1) is 11.7. The van der Waals surface area contributed by atoms with Crippen molar-refractivity contribution in [3.63, 3.8) is 0 Å². The third-order valence-electron chi connectivity index (χ3n) is 2.88. The van der Waals surface area contributed by atoms with Gasteiger partial charge in [-0.25, -0.2) is 9.59 Å². The van der Waals surface area contributed by atoms with E-state index in [2.05, 4.69) is 0 Å². The Labute approximate surface area is 149 Å². The smallest absolute Gasteiger partial charge is 0.339 e. The Morgan fingerprint density at radius 2 is 1.25 bits per heavy atom. The van der Waals surface area contributed by atoms with Crippen molar-refractivity contribution in [3.8, 4) is 0 Å². The molecule has 134 valence electrons. The van der Waals surface area contributed by atoms with Crippen LogP contribution in [0.3, 0.4) is 0 Å². The van der Waals surface area contributed by atoms with Gasteiger partial charge in [0.2, 0.25) is 0 Å². The van der Waals surface area contributed by atoms with E-state index in [0.29, 0.717) is 24.3 Å². The third-order valence-corrected chi connectivity index (χ3v) is 4.40. The number of aliphatic hydroxyl groups excluding tert-OH is 2. The molecule has 0 unspecified atom stereocenters. The van der Waals surface area contributed by atoms with Crippen molar-refractivity contribution in [1.82, 2.24) is 0 Å². The quantitative estimate of drug-likeness (QED) is 0.327. The molecule has 0 radical (unpaired) electrons. The second-order valence-corrected chi connectivity index (χ2v) is 6.75. The molecule has 0 atom stereocenters. The first-order valence-electron chi connectivity index (χ1n) is 7.51.